The van der Waals surface area contributed by atoms with Gasteiger partial charge in [0.15, 0.2) is 0 Å². The van der Waals surface area contributed by atoms with Crippen molar-refractivity contribution in [3.05, 3.63) is 0 Å². The molecule has 1 fully saturated rings. The van der Waals surface area contributed by atoms with Crippen LogP contribution >= 0.6 is 23.3 Å². The number of nitrogens with one attached hydrogen (secondary N) is 1. The van der Waals surface area contributed by atoms with E-state index in [9.17, 15) is 4.79 Å². The second kappa shape index (κ2) is 4.91. The van der Waals surface area contributed by atoms with Crippen LogP contribution in [0, 0.1) is 0 Å². The number of amides is 1. The van der Waals surface area contributed by atoms with E-state index in [1.165, 1.54) is 23.3 Å². The van der Waals surface area contributed by atoms with E-state index >= 15 is 0 Å². The van der Waals surface area contributed by atoms with E-state index in [1.54, 1.807) is 0 Å². The number of hydrogen-bond acceptors (Lipinski definition) is 6. The first-order chi connectivity index (χ1) is 7.29. The molecule has 2 heterocycles. The van der Waals surface area contributed by atoms with Crippen LogP contribution in [0.15, 0.2) is 5.16 Å². The predicted molar refractivity (Wildman–Crippen MR) is 59.3 cm³/mol. The SMILES string of the molecule is CSc1nsc(NC(=O)[C@H]2CCCO2)n1. The molecule has 1 aromatic rings. The molecule has 1 aliphatic rings. The molecule has 82 valence electrons. The first-order valence-corrected chi connectivity index (χ1v) is 6.59. The van der Waals surface area contributed by atoms with Gasteiger partial charge in [-0.3, -0.25) is 10.1 Å². The Morgan fingerprint density at radius 2 is 2.60 bits per heavy atom. The van der Waals surface area contributed by atoms with Crippen molar-refractivity contribution in [1.29, 1.82) is 0 Å². The molecule has 1 aromatic heterocycles. The van der Waals surface area contributed by atoms with Gasteiger partial charge in [-0.1, -0.05) is 11.8 Å². The summed E-state index contributed by atoms with van der Waals surface area (Å²) in [6.07, 6.45) is 3.32. The number of aromatic nitrogens is 2. The molecule has 0 bridgehead atoms. The third kappa shape index (κ3) is 2.67. The van der Waals surface area contributed by atoms with E-state index in [-0.39, 0.29) is 12.0 Å². The zero-order valence-corrected chi connectivity index (χ0v) is 9.86. The maximum Gasteiger partial charge on any atom is 0.255 e. The van der Waals surface area contributed by atoms with Gasteiger partial charge < -0.3 is 4.74 Å². The van der Waals surface area contributed by atoms with Crippen molar-refractivity contribution in [1.82, 2.24) is 9.36 Å². The molecule has 7 heteroatoms. The van der Waals surface area contributed by atoms with E-state index < -0.39 is 0 Å². The summed E-state index contributed by atoms with van der Waals surface area (Å²) in [4.78, 5) is 15.7. The summed E-state index contributed by atoms with van der Waals surface area (Å²) >= 11 is 2.65. The van der Waals surface area contributed by atoms with E-state index in [4.69, 9.17) is 4.74 Å². The molecule has 2 rings (SSSR count). The number of anilines is 1. The Hall–Kier alpha value is -0.660. The van der Waals surface area contributed by atoms with E-state index in [2.05, 4.69) is 14.7 Å². The Kier molecular flexibility index (Phi) is 3.55. The standard InChI is InChI=1S/C8H11N3O2S2/c1-14-8-10-7(15-11-8)9-6(12)5-3-2-4-13-5/h5H,2-4H2,1H3,(H,9,10,11,12)/t5-/m1/s1. The van der Waals surface area contributed by atoms with Crippen molar-refractivity contribution in [2.45, 2.75) is 24.1 Å². The Morgan fingerprint density at radius 3 is 3.20 bits per heavy atom. The smallest absolute Gasteiger partial charge is 0.255 e. The van der Waals surface area contributed by atoms with Gasteiger partial charge in [0.25, 0.3) is 5.91 Å². The molecule has 0 radical (unpaired) electrons. The Morgan fingerprint density at radius 1 is 1.73 bits per heavy atom. The topological polar surface area (TPSA) is 64.1 Å². The molecular formula is C8H11N3O2S2. The van der Waals surface area contributed by atoms with E-state index in [1.807, 2.05) is 6.26 Å². The van der Waals surface area contributed by atoms with Gasteiger partial charge in [-0.15, -0.1) is 0 Å². The van der Waals surface area contributed by atoms with Crippen LogP contribution in [0.5, 0.6) is 0 Å². The summed E-state index contributed by atoms with van der Waals surface area (Å²) in [5.74, 6) is -0.115. The second-order valence-corrected chi connectivity index (χ2v) is 4.60. The fourth-order valence-corrected chi connectivity index (χ4v) is 2.44. The highest BCUT2D eigenvalue weighted by atomic mass is 32.2. The Labute approximate surface area is 95.8 Å². The molecular weight excluding hydrogens is 234 g/mol. The van der Waals surface area contributed by atoms with Gasteiger partial charge >= 0.3 is 0 Å². The minimum atomic E-state index is -0.313. The Bertz CT molecular complexity index is 349. The number of ether oxygens (including phenoxy) is 1. The van der Waals surface area contributed by atoms with Crippen molar-refractivity contribution < 1.29 is 9.53 Å². The summed E-state index contributed by atoms with van der Waals surface area (Å²) in [5.41, 5.74) is 0. The highest BCUT2D eigenvalue weighted by molar-refractivity contribution is 7.98. The molecule has 1 atom stereocenters. The minimum absolute atomic E-state index is 0.115. The lowest BCUT2D eigenvalue weighted by atomic mass is 10.2. The van der Waals surface area contributed by atoms with Crippen LogP contribution in [0.25, 0.3) is 0 Å². The summed E-state index contributed by atoms with van der Waals surface area (Å²) in [6.45, 7) is 0.671. The average Bonchev–Trinajstić information content (AvgIpc) is 2.87. The van der Waals surface area contributed by atoms with Gasteiger partial charge in [-0.25, -0.2) is 0 Å². The number of carbonyl (C=O) groups is 1. The fourth-order valence-electron chi connectivity index (χ4n) is 1.31. The highest BCUT2D eigenvalue weighted by Crippen LogP contribution is 2.19. The molecule has 0 unspecified atom stereocenters. The van der Waals surface area contributed by atoms with Crippen molar-refractivity contribution in [2.24, 2.45) is 0 Å². The van der Waals surface area contributed by atoms with Gasteiger partial charge in [-0.2, -0.15) is 9.36 Å². The van der Waals surface area contributed by atoms with Crippen molar-refractivity contribution in [3.8, 4) is 0 Å². The van der Waals surface area contributed by atoms with Crippen molar-refractivity contribution in [3.63, 3.8) is 0 Å². The maximum absolute atomic E-state index is 11.6. The normalized spacial score (nSPS) is 20.5. The maximum atomic E-state index is 11.6. The summed E-state index contributed by atoms with van der Waals surface area (Å²) in [7, 11) is 0. The van der Waals surface area contributed by atoms with Crippen molar-refractivity contribution in [2.75, 3.05) is 18.2 Å². The number of thioether (sulfide) groups is 1. The fraction of sp³-hybridized carbons (Fsp3) is 0.625. The lowest BCUT2D eigenvalue weighted by Gasteiger charge is -2.06. The monoisotopic (exact) mass is 245 g/mol. The molecule has 0 aliphatic carbocycles. The summed E-state index contributed by atoms with van der Waals surface area (Å²) in [5, 5.41) is 3.93. The molecule has 1 saturated heterocycles. The molecule has 1 amide bonds. The molecule has 0 aromatic carbocycles. The quantitative estimate of drug-likeness (QED) is 0.815. The van der Waals surface area contributed by atoms with Crippen LogP contribution in [0.4, 0.5) is 5.13 Å². The molecule has 15 heavy (non-hydrogen) atoms. The van der Waals surface area contributed by atoms with Gasteiger partial charge in [0.2, 0.25) is 10.3 Å². The summed E-state index contributed by atoms with van der Waals surface area (Å²) in [6, 6.07) is 0. The summed E-state index contributed by atoms with van der Waals surface area (Å²) < 4.78 is 9.31. The lowest BCUT2D eigenvalue weighted by molar-refractivity contribution is -0.124. The van der Waals surface area contributed by atoms with Crippen LogP contribution in [-0.2, 0) is 9.53 Å². The third-order valence-electron chi connectivity index (χ3n) is 2.04. The lowest BCUT2D eigenvalue weighted by Crippen LogP contribution is -2.26. The van der Waals surface area contributed by atoms with Gasteiger partial charge in [0.1, 0.15) is 6.10 Å². The second-order valence-electron chi connectivity index (χ2n) is 3.08. The van der Waals surface area contributed by atoms with Crippen LogP contribution in [0.1, 0.15) is 12.8 Å². The number of nitrogens with zero attached hydrogens (tertiary/aromatic N) is 2. The first kappa shape index (κ1) is 10.8. The third-order valence-corrected chi connectivity index (χ3v) is 3.34. The molecule has 0 saturated carbocycles. The number of hydrogen-bond donors (Lipinski definition) is 1. The largest absolute Gasteiger partial charge is 0.368 e. The Balaban J connectivity index is 1.92. The van der Waals surface area contributed by atoms with Crippen LogP contribution in [0.2, 0.25) is 0 Å². The zero-order valence-electron chi connectivity index (χ0n) is 8.23. The molecule has 1 aliphatic heterocycles. The average molecular weight is 245 g/mol. The van der Waals surface area contributed by atoms with Crippen LogP contribution < -0.4 is 5.32 Å². The highest BCUT2D eigenvalue weighted by Gasteiger charge is 2.24. The number of carbonyl (C=O) groups excluding carboxylic acids is 1. The first-order valence-electron chi connectivity index (χ1n) is 4.60. The van der Waals surface area contributed by atoms with Gasteiger partial charge in [-0.05, 0) is 19.1 Å². The van der Waals surface area contributed by atoms with Crippen LogP contribution in [-0.4, -0.2) is 34.2 Å². The number of rotatable bonds is 3. The molecule has 0 spiro atoms. The van der Waals surface area contributed by atoms with Gasteiger partial charge in [0.05, 0.1) is 0 Å². The predicted octanol–water partition coefficient (Wildman–Crippen LogP) is 1.38. The van der Waals surface area contributed by atoms with Gasteiger partial charge in [0, 0.05) is 18.1 Å². The molecule has 1 N–H and O–H groups in total. The molecule has 5 nitrogen and oxygen atoms in total. The van der Waals surface area contributed by atoms with E-state index in [0.29, 0.717) is 16.9 Å². The van der Waals surface area contributed by atoms with Crippen LogP contribution in [0.3, 0.4) is 0 Å². The minimum Gasteiger partial charge on any atom is -0.368 e. The zero-order chi connectivity index (χ0) is 10.7. The van der Waals surface area contributed by atoms with E-state index in [0.717, 1.165) is 12.8 Å². The van der Waals surface area contributed by atoms with Crippen molar-refractivity contribution >= 4 is 34.3 Å².